The fourth-order valence-electron chi connectivity index (χ4n) is 4.57. The van der Waals surface area contributed by atoms with Gasteiger partial charge in [0.2, 0.25) is 5.69 Å². The first-order valence-electron chi connectivity index (χ1n) is 12.3. The monoisotopic (exact) mass is 630 g/mol. The first-order chi connectivity index (χ1) is 20.7. The van der Waals surface area contributed by atoms with E-state index in [1.54, 1.807) is 12.1 Å². The van der Waals surface area contributed by atoms with Crippen LogP contribution in [-0.2, 0) is 6.42 Å². The topological polar surface area (TPSA) is 119 Å². The average Bonchev–Trinajstić information content (AvgIpc) is 3.76. The van der Waals surface area contributed by atoms with Gasteiger partial charge in [-0.15, -0.1) is 10.2 Å². The number of nitrogens with zero attached hydrogens (tertiary/aromatic N) is 10. The molecule has 6 rings (SSSR count). The van der Waals surface area contributed by atoms with Gasteiger partial charge in [0.1, 0.15) is 23.9 Å². The molecule has 0 amide bonds. The Kier molecular flexibility index (Phi) is 7.50. The molecule has 0 bridgehead atoms. The number of hydrogen-bond acceptors (Lipinski definition) is 7. The molecule has 0 fully saturated rings. The van der Waals surface area contributed by atoms with Gasteiger partial charge >= 0.3 is 6.55 Å². The molecule has 0 unspecified atom stereocenters. The van der Waals surface area contributed by atoms with Gasteiger partial charge in [0.05, 0.1) is 28.0 Å². The minimum atomic E-state index is -3.00. The molecule has 0 aliphatic carbocycles. The predicted octanol–water partition coefficient (Wildman–Crippen LogP) is 5.23. The highest BCUT2D eigenvalue weighted by Gasteiger charge is 2.27. The summed E-state index contributed by atoms with van der Waals surface area (Å²) in [5, 5.41) is 35.4. The van der Waals surface area contributed by atoms with Crippen molar-refractivity contribution < 1.29 is 22.3 Å². The molecule has 0 aliphatic rings. The molecular formula is C26H16Cl2F4N10O. The van der Waals surface area contributed by atoms with E-state index in [0.717, 1.165) is 0 Å². The first-order valence-corrected chi connectivity index (χ1v) is 13.1. The summed E-state index contributed by atoms with van der Waals surface area (Å²) in [5.41, 5.74) is 1.48. The fraction of sp³-hybridized carbons (Fsp3) is 0.115. The second-order valence-electron chi connectivity index (χ2n) is 9.18. The highest BCUT2D eigenvalue weighted by molar-refractivity contribution is 6.32. The Labute approximate surface area is 249 Å². The van der Waals surface area contributed by atoms with Gasteiger partial charge in [-0.05, 0) is 46.3 Å². The van der Waals surface area contributed by atoms with Crippen molar-refractivity contribution in [2.24, 2.45) is 0 Å². The summed E-state index contributed by atoms with van der Waals surface area (Å²) in [6.07, 6.45) is 5.42. The maximum absolute atomic E-state index is 15.3. The predicted molar refractivity (Wildman–Crippen MR) is 144 cm³/mol. The van der Waals surface area contributed by atoms with Crippen molar-refractivity contribution in [3.05, 3.63) is 112 Å². The van der Waals surface area contributed by atoms with Crippen LogP contribution < -0.4 is 4.73 Å². The van der Waals surface area contributed by atoms with Crippen molar-refractivity contribution >= 4 is 23.2 Å². The van der Waals surface area contributed by atoms with E-state index in [-0.39, 0.29) is 49.9 Å². The highest BCUT2D eigenvalue weighted by Crippen LogP contribution is 2.34. The van der Waals surface area contributed by atoms with E-state index < -0.39 is 29.4 Å². The van der Waals surface area contributed by atoms with Crippen LogP contribution in [-0.4, -0.2) is 45.0 Å². The SMILES string of the molecule is [O-][n+]1cc(-c2c(-n3cnnn3)ccc(Cl)c2F)ccc1[C@H](Cc1ccc(F)cc1)n1cc(-c2nnn(C(F)F)c2Cl)cn1. The van der Waals surface area contributed by atoms with E-state index in [4.69, 9.17) is 23.2 Å². The number of halogens is 6. The number of hydrogen-bond donors (Lipinski definition) is 0. The number of rotatable bonds is 8. The van der Waals surface area contributed by atoms with E-state index in [1.165, 1.54) is 70.7 Å². The van der Waals surface area contributed by atoms with Crippen molar-refractivity contribution in [3.8, 4) is 28.1 Å². The van der Waals surface area contributed by atoms with E-state index >= 15 is 4.39 Å². The van der Waals surface area contributed by atoms with E-state index in [9.17, 15) is 18.4 Å². The molecule has 0 spiro atoms. The number of alkyl halides is 2. The van der Waals surface area contributed by atoms with E-state index in [1.807, 2.05) is 0 Å². The third-order valence-electron chi connectivity index (χ3n) is 6.60. The van der Waals surface area contributed by atoms with Gasteiger partial charge in [0.25, 0.3) is 0 Å². The molecule has 0 radical (unpaired) electrons. The molecule has 11 nitrogen and oxygen atoms in total. The van der Waals surface area contributed by atoms with Crippen LogP contribution in [0, 0.1) is 16.8 Å². The largest absolute Gasteiger partial charge is 0.618 e. The summed E-state index contributed by atoms with van der Waals surface area (Å²) in [6, 6.07) is 10.7. The van der Waals surface area contributed by atoms with Crippen LogP contribution in [0.1, 0.15) is 23.8 Å². The quantitative estimate of drug-likeness (QED) is 0.128. The van der Waals surface area contributed by atoms with Gasteiger partial charge in [0.15, 0.2) is 17.2 Å². The third-order valence-corrected chi connectivity index (χ3v) is 7.25. The van der Waals surface area contributed by atoms with Gasteiger partial charge in [-0.25, -0.2) is 8.78 Å². The van der Waals surface area contributed by atoms with Crippen LogP contribution in [0.25, 0.3) is 28.1 Å². The number of benzene rings is 2. The summed E-state index contributed by atoms with van der Waals surface area (Å²) in [7, 11) is 0. The molecule has 4 heterocycles. The zero-order chi connectivity index (χ0) is 30.2. The summed E-state index contributed by atoms with van der Waals surface area (Å²) >= 11 is 12.1. The minimum Gasteiger partial charge on any atom is -0.618 e. The van der Waals surface area contributed by atoms with Crippen molar-refractivity contribution in [2.75, 3.05) is 0 Å². The number of aromatic nitrogens is 10. The van der Waals surface area contributed by atoms with Gasteiger partial charge in [0, 0.05) is 24.2 Å². The lowest BCUT2D eigenvalue weighted by molar-refractivity contribution is -0.615. The third kappa shape index (κ3) is 5.39. The van der Waals surface area contributed by atoms with Crippen LogP contribution in [0.2, 0.25) is 10.2 Å². The normalized spacial score (nSPS) is 12.3. The fourth-order valence-corrected chi connectivity index (χ4v) is 4.98. The smallest absolute Gasteiger partial charge is 0.335 e. The summed E-state index contributed by atoms with van der Waals surface area (Å²) in [4.78, 5) is 0. The lowest BCUT2D eigenvalue weighted by atomic mass is 10.00. The van der Waals surface area contributed by atoms with Crippen LogP contribution in [0.3, 0.4) is 0 Å². The van der Waals surface area contributed by atoms with Gasteiger partial charge in [-0.1, -0.05) is 40.5 Å². The molecule has 1 atom stereocenters. The number of pyridine rings is 1. The van der Waals surface area contributed by atoms with E-state index in [0.29, 0.717) is 10.3 Å². The van der Waals surface area contributed by atoms with Gasteiger partial charge < -0.3 is 5.21 Å². The molecule has 0 saturated carbocycles. The zero-order valence-electron chi connectivity index (χ0n) is 21.4. The minimum absolute atomic E-state index is 0.0100. The lowest BCUT2D eigenvalue weighted by Crippen LogP contribution is -2.36. The second-order valence-corrected chi connectivity index (χ2v) is 9.95. The Morgan fingerprint density at radius 1 is 0.953 bits per heavy atom. The van der Waals surface area contributed by atoms with Gasteiger partial charge in [-0.2, -0.15) is 28.0 Å². The Balaban J connectivity index is 1.43. The van der Waals surface area contributed by atoms with Crippen LogP contribution in [0.5, 0.6) is 0 Å². The molecular weight excluding hydrogens is 615 g/mol. The molecule has 218 valence electrons. The molecule has 2 aromatic carbocycles. The Bertz CT molecular complexity index is 1910. The summed E-state index contributed by atoms with van der Waals surface area (Å²) in [5.74, 6) is -1.22. The van der Waals surface area contributed by atoms with Crippen molar-refractivity contribution in [1.29, 1.82) is 0 Å². The highest BCUT2D eigenvalue weighted by atomic mass is 35.5. The van der Waals surface area contributed by atoms with Crippen molar-refractivity contribution in [3.63, 3.8) is 0 Å². The molecule has 43 heavy (non-hydrogen) atoms. The van der Waals surface area contributed by atoms with Crippen molar-refractivity contribution in [2.45, 2.75) is 19.0 Å². The molecule has 0 N–H and O–H groups in total. The maximum Gasteiger partial charge on any atom is 0.335 e. The summed E-state index contributed by atoms with van der Waals surface area (Å²) < 4.78 is 58.8. The lowest BCUT2D eigenvalue weighted by Gasteiger charge is -2.18. The number of tetrazole rings is 1. The maximum atomic E-state index is 15.3. The second kappa shape index (κ2) is 11.4. The van der Waals surface area contributed by atoms with Gasteiger partial charge in [-0.3, -0.25) is 4.68 Å². The molecule has 0 aliphatic heterocycles. The first kappa shape index (κ1) is 28.2. The van der Waals surface area contributed by atoms with E-state index in [2.05, 4.69) is 30.9 Å². The Hall–Kier alpha value is -4.89. The summed E-state index contributed by atoms with van der Waals surface area (Å²) in [6.45, 7) is -3.00. The molecule has 0 saturated heterocycles. The Morgan fingerprint density at radius 3 is 2.42 bits per heavy atom. The molecule has 4 aromatic heterocycles. The molecule has 6 aromatic rings. The van der Waals surface area contributed by atoms with Crippen LogP contribution in [0.15, 0.2) is 73.4 Å². The Morgan fingerprint density at radius 2 is 1.74 bits per heavy atom. The average molecular weight is 631 g/mol. The van der Waals surface area contributed by atoms with Crippen LogP contribution >= 0.6 is 23.2 Å². The standard InChI is InChI=1S/C26H16Cl2F4N10O/c27-18-6-8-20(40-13-33-36-38-40)22(23(18)30)15-3-7-19(41(43)12-15)21(9-14-1-4-17(29)5-2-14)39-11-16(10-34-39)24-25(28)42(26(31)32)37-35-24/h1-8,10-13,21,26H,9H2/t21-/m0/s1. The van der Waals surface area contributed by atoms with Crippen molar-refractivity contribution in [1.82, 2.24) is 45.0 Å². The molecule has 17 heteroatoms. The zero-order valence-corrected chi connectivity index (χ0v) is 23.0. The van der Waals surface area contributed by atoms with Crippen LogP contribution in [0.4, 0.5) is 17.6 Å².